The molecule has 2 amide bonds. The maximum absolute atomic E-state index is 11.6. The summed E-state index contributed by atoms with van der Waals surface area (Å²) >= 11 is 5.70. The zero-order chi connectivity index (χ0) is 10.7. The van der Waals surface area contributed by atoms with Crippen LogP contribution in [0.4, 0.5) is 0 Å². The second-order valence-corrected chi connectivity index (χ2v) is 4.07. The fourth-order valence-corrected chi connectivity index (χ4v) is 1.82. The standard InChI is InChI=1S/C9H15ClN2O2/c1-6(10)9(14)12-5-3-4-7(12)8(13)11-2/h6-7H,3-5H2,1-2H3,(H,11,13). The highest BCUT2D eigenvalue weighted by Crippen LogP contribution is 2.19. The molecule has 1 rings (SSSR count). The maximum Gasteiger partial charge on any atom is 0.242 e. The van der Waals surface area contributed by atoms with Crippen molar-refractivity contribution in [3.8, 4) is 0 Å². The lowest BCUT2D eigenvalue weighted by Gasteiger charge is -2.24. The first-order valence-corrected chi connectivity index (χ1v) is 5.17. The summed E-state index contributed by atoms with van der Waals surface area (Å²) in [5.41, 5.74) is 0. The molecule has 0 aromatic carbocycles. The molecule has 5 heteroatoms. The summed E-state index contributed by atoms with van der Waals surface area (Å²) in [5.74, 6) is -0.258. The van der Waals surface area contributed by atoms with E-state index in [-0.39, 0.29) is 17.9 Å². The predicted molar refractivity (Wildman–Crippen MR) is 54.1 cm³/mol. The van der Waals surface area contributed by atoms with Gasteiger partial charge in [0.2, 0.25) is 11.8 Å². The molecule has 14 heavy (non-hydrogen) atoms. The van der Waals surface area contributed by atoms with Gasteiger partial charge in [-0.3, -0.25) is 9.59 Å². The number of likely N-dealkylation sites (N-methyl/N-ethyl adjacent to an activating group) is 1. The molecular weight excluding hydrogens is 204 g/mol. The number of alkyl halides is 1. The molecule has 1 aliphatic heterocycles. The van der Waals surface area contributed by atoms with E-state index in [9.17, 15) is 9.59 Å². The third-order valence-corrected chi connectivity index (χ3v) is 2.61. The fraction of sp³-hybridized carbons (Fsp3) is 0.778. The van der Waals surface area contributed by atoms with Crippen molar-refractivity contribution in [1.82, 2.24) is 10.2 Å². The van der Waals surface area contributed by atoms with Crippen molar-refractivity contribution in [2.45, 2.75) is 31.2 Å². The molecule has 1 saturated heterocycles. The van der Waals surface area contributed by atoms with E-state index >= 15 is 0 Å². The van der Waals surface area contributed by atoms with Crippen molar-refractivity contribution in [2.75, 3.05) is 13.6 Å². The largest absolute Gasteiger partial charge is 0.357 e. The fourth-order valence-electron chi connectivity index (χ4n) is 1.70. The van der Waals surface area contributed by atoms with Crippen LogP contribution >= 0.6 is 11.6 Å². The van der Waals surface area contributed by atoms with Crippen LogP contribution in [0.2, 0.25) is 0 Å². The molecule has 1 aliphatic rings. The van der Waals surface area contributed by atoms with Crippen LogP contribution in [0, 0.1) is 0 Å². The molecular formula is C9H15ClN2O2. The Labute approximate surface area is 88.6 Å². The number of carbonyl (C=O) groups excluding carboxylic acids is 2. The van der Waals surface area contributed by atoms with Crippen LogP contribution < -0.4 is 5.32 Å². The van der Waals surface area contributed by atoms with Gasteiger partial charge in [0.25, 0.3) is 0 Å². The first kappa shape index (κ1) is 11.3. The Morgan fingerprint density at radius 1 is 1.57 bits per heavy atom. The van der Waals surface area contributed by atoms with Gasteiger partial charge in [-0.25, -0.2) is 0 Å². The predicted octanol–water partition coefficient (Wildman–Crippen LogP) is 0.351. The molecule has 2 unspecified atom stereocenters. The molecule has 0 spiro atoms. The van der Waals surface area contributed by atoms with Gasteiger partial charge in [0.05, 0.1) is 0 Å². The normalized spacial score (nSPS) is 23.4. The Morgan fingerprint density at radius 3 is 2.71 bits per heavy atom. The Kier molecular flexibility index (Phi) is 3.75. The molecule has 0 saturated carbocycles. The molecule has 0 aromatic heterocycles. The zero-order valence-electron chi connectivity index (χ0n) is 8.42. The number of carbonyl (C=O) groups is 2. The second-order valence-electron chi connectivity index (χ2n) is 3.42. The van der Waals surface area contributed by atoms with Gasteiger partial charge in [-0.15, -0.1) is 11.6 Å². The number of rotatable bonds is 2. The van der Waals surface area contributed by atoms with E-state index in [4.69, 9.17) is 11.6 Å². The summed E-state index contributed by atoms with van der Waals surface area (Å²) in [6.07, 6.45) is 1.60. The molecule has 2 atom stereocenters. The van der Waals surface area contributed by atoms with Crippen molar-refractivity contribution in [3.05, 3.63) is 0 Å². The second kappa shape index (κ2) is 4.64. The van der Waals surface area contributed by atoms with Crippen LogP contribution in [0.25, 0.3) is 0 Å². The van der Waals surface area contributed by atoms with Crippen molar-refractivity contribution >= 4 is 23.4 Å². The van der Waals surface area contributed by atoms with Gasteiger partial charge >= 0.3 is 0 Å². The topological polar surface area (TPSA) is 49.4 Å². The molecule has 1 heterocycles. The lowest BCUT2D eigenvalue weighted by atomic mass is 10.2. The molecule has 80 valence electrons. The quantitative estimate of drug-likeness (QED) is 0.680. The molecule has 0 aromatic rings. The van der Waals surface area contributed by atoms with Gasteiger partial charge in [0, 0.05) is 13.6 Å². The monoisotopic (exact) mass is 218 g/mol. The third kappa shape index (κ3) is 2.18. The van der Waals surface area contributed by atoms with Crippen LogP contribution in [0.5, 0.6) is 0 Å². The van der Waals surface area contributed by atoms with Gasteiger partial charge in [0.15, 0.2) is 0 Å². The average Bonchev–Trinajstić information content (AvgIpc) is 2.63. The van der Waals surface area contributed by atoms with E-state index in [1.165, 1.54) is 0 Å². The van der Waals surface area contributed by atoms with E-state index in [0.29, 0.717) is 6.54 Å². The number of halogens is 1. The van der Waals surface area contributed by atoms with Gasteiger partial charge in [0.1, 0.15) is 11.4 Å². The minimum Gasteiger partial charge on any atom is -0.357 e. The molecule has 1 N–H and O–H groups in total. The average molecular weight is 219 g/mol. The maximum atomic E-state index is 11.6. The van der Waals surface area contributed by atoms with Crippen LogP contribution in [0.15, 0.2) is 0 Å². The summed E-state index contributed by atoms with van der Waals surface area (Å²) in [4.78, 5) is 24.6. The van der Waals surface area contributed by atoms with E-state index < -0.39 is 5.38 Å². The van der Waals surface area contributed by atoms with Crippen molar-refractivity contribution < 1.29 is 9.59 Å². The van der Waals surface area contributed by atoms with Crippen LogP contribution in [0.1, 0.15) is 19.8 Å². The Morgan fingerprint density at radius 2 is 2.21 bits per heavy atom. The Balaban J connectivity index is 2.68. The lowest BCUT2D eigenvalue weighted by molar-refractivity contribution is -0.137. The number of nitrogens with one attached hydrogen (secondary N) is 1. The lowest BCUT2D eigenvalue weighted by Crippen LogP contribution is -2.46. The van der Waals surface area contributed by atoms with Gasteiger partial charge < -0.3 is 10.2 Å². The summed E-state index contributed by atoms with van der Waals surface area (Å²) in [7, 11) is 1.58. The highest BCUT2D eigenvalue weighted by atomic mass is 35.5. The van der Waals surface area contributed by atoms with E-state index in [1.54, 1.807) is 18.9 Å². The van der Waals surface area contributed by atoms with Crippen molar-refractivity contribution in [1.29, 1.82) is 0 Å². The SMILES string of the molecule is CNC(=O)C1CCCN1C(=O)C(C)Cl. The highest BCUT2D eigenvalue weighted by Gasteiger charge is 2.34. The van der Waals surface area contributed by atoms with Crippen LogP contribution in [-0.2, 0) is 9.59 Å². The van der Waals surface area contributed by atoms with Crippen molar-refractivity contribution in [2.24, 2.45) is 0 Å². The molecule has 0 bridgehead atoms. The van der Waals surface area contributed by atoms with Crippen LogP contribution in [-0.4, -0.2) is 41.7 Å². The minimum absolute atomic E-state index is 0.104. The summed E-state index contributed by atoms with van der Waals surface area (Å²) < 4.78 is 0. The Hall–Kier alpha value is -0.770. The number of likely N-dealkylation sites (tertiary alicyclic amines) is 1. The Bertz CT molecular complexity index is 243. The molecule has 0 radical (unpaired) electrons. The number of nitrogens with zero attached hydrogens (tertiary/aromatic N) is 1. The van der Waals surface area contributed by atoms with Gasteiger partial charge in [-0.1, -0.05) is 0 Å². The third-order valence-electron chi connectivity index (χ3n) is 2.43. The van der Waals surface area contributed by atoms with E-state index in [2.05, 4.69) is 5.32 Å². The molecule has 1 fully saturated rings. The molecule has 0 aliphatic carbocycles. The number of hydrogen-bond donors (Lipinski definition) is 1. The van der Waals surface area contributed by atoms with Crippen LogP contribution in [0.3, 0.4) is 0 Å². The zero-order valence-corrected chi connectivity index (χ0v) is 9.17. The summed E-state index contributed by atoms with van der Waals surface area (Å²) in [5, 5.41) is 2.00. The first-order valence-electron chi connectivity index (χ1n) is 4.74. The number of hydrogen-bond acceptors (Lipinski definition) is 2. The van der Waals surface area contributed by atoms with E-state index in [0.717, 1.165) is 12.8 Å². The van der Waals surface area contributed by atoms with Gasteiger partial charge in [-0.05, 0) is 19.8 Å². The van der Waals surface area contributed by atoms with Gasteiger partial charge in [-0.2, -0.15) is 0 Å². The molecule has 4 nitrogen and oxygen atoms in total. The smallest absolute Gasteiger partial charge is 0.242 e. The minimum atomic E-state index is -0.555. The summed E-state index contributed by atoms with van der Waals surface area (Å²) in [6, 6.07) is -0.325. The highest BCUT2D eigenvalue weighted by molar-refractivity contribution is 6.30. The first-order chi connectivity index (χ1) is 6.57. The van der Waals surface area contributed by atoms with Crippen molar-refractivity contribution in [3.63, 3.8) is 0 Å². The number of amides is 2. The summed E-state index contributed by atoms with van der Waals surface area (Å²) in [6.45, 7) is 2.26. The van der Waals surface area contributed by atoms with E-state index in [1.807, 2.05) is 0 Å².